The second kappa shape index (κ2) is 7.02. The maximum absolute atomic E-state index is 12.0. The summed E-state index contributed by atoms with van der Waals surface area (Å²) in [5.74, 6) is 0.420. The SMILES string of the molecule is O=C(COc1cccc2c1CCC[C@@H]2O)Nc1cccc(Cl)c1. The molecule has 1 aliphatic carbocycles. The summed E-state index contributed by atoms with van der Waals surface area (Å²) < 4.78 is 5.66. The number of fused-ring (bicyclic) bond motifs is 1. The van der Waals surface area contributed by atoms with Crippen LogP contribution in [0.4, 0.5) is 5.69 Å². The molecule has 0 bridgehead atoms. The van der Waals surface area contributed by atoms with Gasteiger partial charge in [-0.05, 0) is 54.7 Å². The zero-order chi connectivity index (χ0) is 16.2. The van der Waals surface area contributed by atoms with Gasteiger partial charge in [-0.2, -0.15) is 0 Å². The smallest absolute Gasteiger partial charge is 0.262 e. The van der Waals surface area contributed by atoms with Gasteiger partial charge in [-0.25, -0.2) is 0 Å². The number of anilines is 1. The van der Waals surface area contributed by atoms with Crippen LogP contribution in [-0.2, 0) is 11.2 Å². The molecule has 0 spiro atoms. The molecule has 120 valence electrons. The number of amides is 1. The third-order valence-electron chi connectivity index (χ3n) is 3.90. The molecule has 2 N–H and O–H groups in total. The highest BCUT2D eigenvalue weighted by atomic mass is 35.5. The van der Waals surface area contributed by atoms with Crippen LogP contribution in [0.25, 0.3) is 0 Å². The number of rotatable bonds is 4. The molecule has 3 rings (SSSR count). The lowest BCUT2D eigenvalue weighted by Crippen LogP contribution is -2.21. The number of aliphatic hydroxyl groups is 1. The van der Waals surface area contributed by atoms with Crippen LogP contribution in [0, 0.1) is 0 Å². The fraction of sp³-hybridized carbons (Fsp3) is 0.278. The molecule has 0 unspecified atom stereocenters. The van der Waals surface area contributed by atoms with Gasteiger partial charge in [-0.15, -0.1) is 0 Å². The summed E-state index contributed by atoms with van der Waals surface area (Å²) in [5.41, 5.74) is 2.54. The second-order valence-corrected chi connectivity index (χ2v) is 6.02. The van der Waals surface area contributed by atoms with Gasteiger partial charge < -0.3 is 15.2 Å². The lowest BCUT2D eigenvalue weighted by molar-refractivity contribution is -0.118. The molecular weight excluding hydrogens is 314 g/mol. The Kier molecular flexibility index (Phi) is 4.84. The zero-order valence-corrected chi connectivity index (χ0v) is 13.3. The molecule has 23 heavy (non-hydrogen) atoms. The van der Waals surface area contributed by atoms with E-state index in [0.29, 0.717) is 16.5 Å². The molecule has 0 radical (unpaired) electrons. The average molecular weight is 332 g/mol. The highest BCUT2D eigenvalue weighted by Crippen LogP contribution is 2.35. The van der Waals surface area contributed by atoms with Crippen LogP contribution in [0.1, 0.15) is 30.1 Å². The van der Waals surface area contributed by atoms with Gasteiger partial charge in [-0.1, -0.05) is 29.8 Å². The lowest BCUT2D eigenvalue weighted by Gasteiger charge is -2.23. The van der Waals surface area contributed by atoms with Crippen molar-refractivity contribution >= 4 is 23.2 Å². The number of carbonyl (C=O) groups excluding carboxylic acids is 1. The number of hydrogen-bond acceptors (Lipinski definition) is 3. The Hall–Kier alpha value is -2.04. The quantitative estimate of drug-likeness (QED) is 0.897. The number of ether oxygens (including phenoxy) is 1. The molecular formula is C18H18ClNO3. The van der Waals surface area contributed by atoms with Crippen LogP contribution < -0.4 is 10.1 Å². The van der Waals surface area contributed by atoms with Crippen molar-refractivity contribution < 1.29 is 14.6 Å². The molecule has 0 fully saturated rings. The summed E-state index contributed by atoms with van der Waals surface area (Å²) in [5, 5.41) is 13.3. The Morgan fingerprint density at radius 3 is 2.96 bits per heavy atom. The number of nitrogens with one attached hydrogen (secondary N) is 1. The van der Waals surface area contributed by atoms with Crippen molar-refractivity contribution in [3.05, 3.63) is 58.6 Å². The van der Waals surface area contributed by atoms with Crippen molar-refractivity contribution in [3.8, 4) is 5.75 Å². The number of benzene rings is 2. The van der Waals surface area contributed by atoms with Crippen molar-refractivity contribution in [3.63, 3.8) is 0 Å². The minimum Gasteiger partial charge on any atom is -0.483 e. The molecule has 5 heteroatoms. The number of halogens is 1. The predicted molar refractivity (Wildman–Crippen MR) is 89.9 cm³/mol. The van der Waals surface area contributed by atoms with Gasteiger partial charge >= 0.3 is 0 Å². The summed E-state index contributed by atoms with van der Waals surface area (Å²) >= 11 is 5.89. The van der Waals surface area contributed by atoms with Crippen LogP contribution in [0.3, 0.4) is 0 Å². The summed E-state index contributed by atoms with van der Waals surface area (Å²) in [6.07, 6.45) is 2.11. The topological polar surface area (TPSA) is 58.6 Å². The highest BCUT2D eigenvalue weighted by molar-refractivity contribution is 6.30. The normalized spacial score (nSPS) is 16.5. The van der Waals surface area contributed by atoms with E-state index in [0.717, 1.165) is 30.4 Å². The van der Waals surface area contributed by atoms with Gasteiger partial charge in [-0.3, -0.25) is 4.79 Å². The molecule has 0 aliphatic heterocycles. The van der Waals surface area contributed by atoms with Gasteiger partial charge in [0.15, 0.2) is 6.61 Å². The van der Waals surface area contributed by atoms with Crippen LogP contribution in [0.15, 0.2) is 42.5 Å². The van der Waals surface area contributed by atoms with E-state index in [1.54, 1.807) is 24.3 Å². The largest absolute Gasteiger partial charge is 0.483 e. The first kappa shape index (κ1) is 15.8. The first-order valence-corrected chi connectivity index (χ1v) is 7.99. The minimum atomic E-state index is -0.442. The fourth-order valence-electron chi connectivity index (χ4n) is 2.83. The fourth-order valence-corrected chi connectivity index (χ4v) is 3.02. The van der Waals surface area contributed by atoms with Crippen LogP contribution >= 0.6 is 11.6 Å². The van der Waals surface area contributed by atoms with Gasteiger partial charge in [0, 0.05) is 10.7 Å². The molecule has 0 saturated heterocycles. The van der Waals surface area contributed by atoms with Crippen LogP contribution in [0.2, 0.25) is 5.02 Å². The van der Waals surface area contributed by atoms with Crippen molar-refractivity contribution in [2.24, 2.45) is 0 Å². The van der Waals surface area contributed by atoms with E-state index in [9.17, 15) is 9.90 Å². The monoisotopic (exact) mass is 331 g/mol. The summed E-state index contributed by atoms with van der Waals surface area (Å²) in [6.45, 7) is -0.0843. The minimum absolute atomic E-state index is 0.0843. The molecule has 0 aromatic heterocycles. The Morgan fingerprint density at radius 1 is 1.30 bits per heavy atom. The Balaban J connectivity index is 1.64. The molecule has 0 heterocycles. The van der Waals surface area contributed by atoms with Crippen LogP contribution in [-0.4, -0.2) is 17.6 Å². The van der Waals surface area contributed by atoms with Gasteiger partial charge in [0.05, 0.1) is 6.10 Å². The van der Waals surface area contributed by atoms with E-state index in [4.69, 9.17) is 16.3 Å². The molecule has 4 nitrogen and oxygen atoms in total. The zero-order valence-electron chi connectivity index (χ0n) is 12.6. The number of aliphatic hydroxyl groups excluding tert-OH is 1. The highest BCUT2D eigenvalue weighted by Gasteiger charge is 2.21. The van der Waals surface area contributed by atoms with E-state index in [1.165, 1.54) is 0 Å². The maximum atomic E-state index is 12.0. The van der Waals surface area contributed by atoms with Gasteiger partial charge in [0.1, 0.15) is 5.75 Å². The summed E-state index contributed by atoms with van der Waals surface area (Å²) in [4.78, 5) is 12.0. The van der Waals surface area contributed by atoms with Crippen molar-refractivity contribution in [2.75, 3.05) is 11.9 Å². The first-order valence-electron chi connectivity index (χ1n) is 7.61. The third-order valence-corrected chi connectivity index (χ3v) is 4.13. The Bertz CT molecular complexity index is 717. The summed E-state index contributed by atoms with van der Waals surface area (Å²) in [6, 6.07) is 12.6. The standard InChI is InChI=1S/C18H18ClNO3/c19-12-4-1-5-13(10-12)20-18(22)11-23-17-9-3-6-14-15(17)7-2-8-16(14)21/h1,3-6,9-10,16,21H,2,7-8,11H2,(H,20,22)/t16-/m0/s1. The lowest BCUT2D eigenvalue weighted by atomic mass is 9.89. The molecule has 1 amide bonds. The predicted octanol–water partition coefficient (Wildman–Crippen LogP) is 3.73. The van der Waals surface area contributed by atoms with Crippen molar-refractivity contribution in [2.45, 2.75) is 25.4 Å². The average Bonchev–Trinajstić information content (AvgIpc) is 2.53. The number of carbonyl (C=O) groups is 1. The Labute approximate surface area is 140 Å². The van der Waals surface area contributed by atoms with E-state index in [2.05, 4.69) is 5.32 Å². The van der Waals surface area contributed by atoms with Gasteiger partial charge in [0.2, 0.25) is 0 Å². The molecule has 1 atom stereocenters. The van der Waals surface area contributed by atoms with Crippen molar-refractivity contribution in [1.29, 1.82) is 0 Å². The Morgan fingerprint density at radius 2 is 2.13 bits per heavy atom. The van der Waals surface area contributed by atoms with E-state index >= 15 is 0 Å². The number of hydrogen-bond donors (Lipinski definition) is 2. The summed E-state index contributed by atoms with van der Waals surface area (Å²) in [7, 11) is 0. The molecule has 1 aliphatic rings. The van der Waals surface area contributed by atoms with E-state index < -0.39 is 6.10 Å². The second-order valence-electron chi connectivity index (χ2n) is 5.58. The van der Waals surface area contributed by atoms with Gasteiger partial charge in [0.25, 0.3) is 5.91 Å². The first-order chi connectivity index (χ1) is 11.1. The van der Waals surface area contributed by atoms with E-state index in [-0.39, 0.29) is 12.5 Å². The van der Waals surface area contributed by atoms with E-state index in [1.807, 2.05) is 18.2 Å². The molecule has 0 saturated carbocycles. The molecule has 2 aromatic carbocycles. The van der Waals surface area contributed by atoms with Crippen LogP contribution in [0.5, 0.6) is 5.75 Å². The third kappa shape index (κ3) is 3.84. The van der Waals surface area contributed by atoms with Crippen molar-refractivity contribution in [1.82, 2.24) is 0 Å². The molecule has 2 aromatic rings. The maximum Gasteiger partial charge on any atom is 0.262 e.